The SMILES string of the molecule is COc1cc(C(=O)NCCCN2CCN3CCCCC3C2)cc(OC)c1OC. The number of hydrogen-bond donors (Lipinski definition) is 1. The molecule has 2 saturated heterocycles. The van der Waals surface area contributed by atoms with Crippen LogP contribution in [0.2, 0.25) is 0 Å². The molecular weight excluding hydrogens is 358 g/mol. The van der Waals surface area contributed by atoms with Crippen molar-refractivity contribution in [3.63, 3.8) is 0 Å². The van der Waals surface area contributed by atoms with Crippen molar-refractivity contribution in [3.8, 4) is 17.2 Å². The molecule has 7 heteroatoms. The van der Waals surface area contributed by atoms with Crippen molar-refractivity contribution in [2.45, 2.75) is 31.7 Å². The second-order valence-corrected chi connectivity index (χ2v) is 7.51. The number of rotatable bonds is 8. The molecule has 2 aliphatic rings. The van der Waals surface area contributed by atoms with Crippen LogP contribution in [-0.4, -0.2) is 82.3 Å². The second-order valence-electron chi connectivity index (χ2n) is 7.51. The average Bonchev–Trinajstić information content (AvgIpc) is 2.75. The number of carbonyl (C=O) groups excluding carboxylic acids is 1. The molecule has 2 fully saturated rings. The Hall–Kier alpha value is -1.99. The van der Waals surface area contributed by atoms with Gasteiger partial charge in [0.2, 0.25) is 5.75 Å². The summed E-state index contributed by atoms with van der Waals surface area (Å²) in [5, 5.41) is 3.01. The van der Waals surface area contributed by atoms with Crippen LogP contribution in [0.5, 0.6) is 17.2 Å². The van der Waals surface area contributed by atoms with Gasteiger partial charge in [-0.05, 0) is 44.5 Å². The number of carbonyl (C=O) groups is 1. The molecule has 2 aliphatic heterocycles. The highest BCUT2D eigenvalue weighted by Gasteiger charge is 2.28. The summed E-state index contributed by atoms with van der Waals surface area (Å²) in [4.78, 5) is 17.7. The normalized spacial score (nSPS) is 20.3. The monoisotopic (exact) mass is 391 g/mol. The van der Waals surface area contributed by atoms with Crippen LogP contribution in [0.3, 0.4) is 0 Å². The number of amides is 1. The minimum absolute atomic E-state index is 0.128. The number of methoxy groups -OCH3 is 3. The first kappa shape index (κ1) is 20.7. The maximum Gasteiger partial charge on any atom is 0.251 e. The van der Waals surface area contributed by atoms with E-state index in [1.165, 1.54) is 38.9 Å². The van der Waals surface area contributed by atoms with Crippen molar-refractivity contribution in [2.24, 2.45) is 0 Å². The van der Waals surface area contributed by atoms with E-state index in [-0.39, 0.29) is 5.91 Å². The molecular formula is C21H33N3O4. The van der Waals surface area contributed by atoms with Crippen molar-refractivity contribution < 1.29 is 19.0 Å². The fraction of sp³-hybridized carbons (Fsp3) is 0.667. The first-order valence-electron chi connectivity index (χ1n) is 10.2. The summed E-state index contributed by atoms with van der Waals surface area (Å²) < 4.78 is 16.0. The van der Waals surface area contributed by atoms with E-state index in [2.05, 4.69) is 15.1 Å². The second kappa shape index (κ2) is 9.98. The van der Waals surface area contributed by atoms with Gasteiger partial charge in [-0.2, -0.15) is 0 Å². The van der Waals surface area contributed by atoms with E-state index in [1.807, 2.05) is 0 Å². The van der Waals surface area contributed by atoms with Gasteiger partial charge in [-0.1, -0.05) is 6.42 Å². The highest BCUT2D eigenvalue weighted by Crippen LogP contribution is 2.38. The first-order valence-corrected chi connectivity index (χ1v) is 10.2. The summed E-state index contributed by atoms with van der Waals surface area (Å²) in [7, 11) is 4.64. The van der Waals surface area contributed by atoms with Crippen LogP contribution in [0.25, 0.3) is 0 Å². The summed E-state index contributed by atoms with van der Waals surface area (Å²) in [5.74, 6) is 1.33. The van der Waals surface area contributed by atoms with Crippen molar-refractivity contribution in [3.05, 3.63) is 17.7 Å². The van der Waals surface area contributed by atoms with E-state index in [9.17, 15) is 4.79 Å². The molecule has 1 unspecified atom stereocenters. The van der Waals surface area contributed by atoms with Crippen LogP contribution in [0.15, 0.2) is 12.1 Å². The molecule has 0 saturated carbocycles. The lowest BCUT2D eigenvalue weighted by molar-refractivity contribution is 0.0489. The summed E-state index contributed by atoms with van der Waals surface area (Å²) in [5.41, 5.74) is 0.505. The van der Waals surface area contributed by atoms with E-state index >= 15 is 0 Å². The molecule has 0 aromatic heterocycles. The quantitative estimate of drug-likeness (QED) is 0.684. The van der Waals surface area contributed by atoms with E-state index in [1.54, 1.807) is 33.5 Å². The maximum absolute atomic E-state index is 12.5. The lowest BCUT2D eigenvalue weighted by atomic mass is 9.99. The van der Waals surface area contributed by atoms with Crippen LogP contribution >= 0.6 is 0 Å². The predicted molar refractivity (Wildman–Crippen MR) is 109 cm³/mol. The fourth-order valence-electron chi connectivity index (χ4n) is 4.24. The number of ether oxygens (including phenoxy) is 3. The standard InChI is InChI=1S/C21H33N3O4/c1-26-18-13-16(14-19(27-2)20(18)28-3)21(25)22-8-6-9-23-11-12-24-10-5-4-7-17(24)15-23/h13-14,17H,4-12,15H2,1-3H3,(H,22,25). The molecule has 1 amide bonds. The summed E-state index contributed by atoms with van der Waals surface area (Å²) >= 11 is 0. The number of nitrogens with one attached hydrogen (secondary N) is 1. The maximum atomic E-state index is 12.5. The van der Waals surface area contributed by atoms with Crippen molar-refractivity contribution in [2.75, 3.05) is 60.6 Å². The zero-order valence-corrected chi connectivity index (χ0v) is 17.3. The largest absolute Gasteiger partial charge is 0.493 e. The Morgan fingerprint density at radius 2 is 1.82 bits per heavy atom. The van der Waals surface area contributed by atoms with Crippen LogP contribution < -0.4 is 19.5 Å². The van der Waals surface area contributed by atoms with E-state index < -0.39 is 0 Å². The van der Waals surface area contributed by atoms with Crippen LogP contribution in [0.1, 0.15) is 36.0 Å². The molecule has 1 aromatic rings. The molecule has 1 atom stereocenters. The number of piperidine rings is 1. The zero-order valence-electron chi connectivity index (χ0n) is 17.3. The van der Waals surface area contributed by atoms with Gasteiger partial charge in [-0.25, -0.2) is 0 Å². The molecule has 3 rings (SSSR count). The Balaban J connectivity index is 1.47. The number of piperazine rings is 1. The van der Waals surface area contributed by atoms with Gasteiger partial charge >= 0.3 is 0 Å². The van der Waals surface area contributed by atoms with Crippen LogP contribution in [-0.2, 0) is 0 Å². The number of hydrogen-bond acceptors (Lipinski definition) is 6. The molecule has 156 valence electrons. The Morgan fingerprint density at radius 3 is 2.50 bits per heavy atom. The lowest BCUT2D eigenvalue weighted by Crippen LogP contribution is -2.55. The van der Waals surface area contributed by atoms with Crippen LogP contribution in [0.4, 0.5) is 0 Å². The minimum atomic E-state index is -0.128. The van der Waals surface area contributed by atoms with Gasteiger partial charge in [0, 0.05) is 37.8 Å². The van der Waals surface area contributed by atoms with E-state index in [0.717, 1.165) is 25.6 Å². The summed E-state index contributed by atoms with van der Waals surface area (Å²) in [6, 6.07) is 4.09. The van der Waals surface area contributed by atoms with Crippen molar-refractivity contribution in [1.82, 2.24) is 15.1 Å². The zero-order chi connectivity index (χ0) is 19.9. The molecule has 1 aromatic carbocycles. The fourth-order valence-corrected chi connectivity index (χ4v) is 4.24. The Kier molecular flexibility index (Phi) is 7.39. The van der Waals surface area contributed by atoms with Gasteiger partial charge in [0.05, 0.1) is 21.3 Å². The molecule has 0 bridgehead atoms. The van der Waals surface area contributed by atoms with Gasteiger partial charge in [-0.15, -0.1) is 0 Å². The molecule has 0 radical (unpaired) electrons. The highest BCUT2D eigenvalue weighted by atomic mass is 16.5. The lowest BCUT2D eigenvalue weighted by Gasteiger charge is -2.44. The molecule has 1 N–H and O–H groups in total. The molecule has 2 heterocycles. The third-order valence-electron chi connectivity index (χ3n) is 5.79. The number of nitrogens with zero attached hydrogens (tertiary/aromatic N) is 2. The van der Waals surface area contributed by atoms with Crippen molar-refractivity contribution >= 4 is 5.91 Å². The molecule has 7 nitrogen and oxygen atoms in total. The summed E-state index contributed by atoms with van der Waals surface area (Å²) in [6.45, 7) is 6.43. The van der Waals surface area contributed by atoms with Gasteiger partial charge in [0.1, 0.15) is 0 Å². The molecule has 0 aliphatic carbocycles. The molecule has 28 heavy (non-hydrogen) atoms. The van der Waals surface area contributed by atoms with E-state index in [4.69, 9.17) is 14.2 Å². The van der Waals surface area contributed by atoms with Gasteiger partial charge in [0.25, 0.3) is 5.91 Å². The average molecular weight is 392 g/mol. The van der Waals surface area contributed by atoms with Gasteiger partial charge in [-0.3, -0.25) is 9.69 Å². The van der Waals surface area contributed by atoms with Gasteiger partial charge in [0.15, 0.2) is 11.5 Å². The number of benzene rings is 1. The summed E-state index contributed by atoms with van der Waals surface area (Å²) in [6.07, 6.45) is 4.99. The van der Waals surface area contributed by atoms with Crippen molar-refractivity contribution in [1.29, 1.82) is 0 Å². The topological polar surface area (TPSA) is 63.3 Å². The van der Waals surface area contributed by atoms with Crippen LogP contribution in [0, 0.1) is 0 Å². The molecule has 0 spiro atoms. The Bertz CT molecular complexity index is 642. The minimum Gasteiger partial charge on any atom is -0.493 e. The Morgan fingerprint density at radius 1 is 1.07 bits per heavy atom. The third kappa shape index (κ3) is 4.89. The predicted octanol–water partition coefficient (Wildman–Crippen LogP) is 2.00. The first-order chi connectivity index (χ1) is 13.7. The number of fused-ring (bicyclic) bond motifs is 1. The third-order valence-corrected chi connectivity index (χ3v) is 5.79. The van der Waals surface area contributed by atoms with E-state index in [0.29, 0.717) is 29.4 Å². The highest BCUT2D eigenvalue weighted by molar-refractivity contribution is 5.95. The van der Waals surface area contributed by atoms with Gasteiger partial charge < -0.3 is 24.4 Å². The Labute approximate surface area is 167 Å². The smallest absolute Gasteiger partial charge is 0.251 e.